The number of aliphatic hydroxyl groups is 1. The summed E-state index contributed by atoms with van der Waals surface area (Å²) in [6.45, 7) is 5.40. The molecule has 6 heteroatoms. The van der Waals surface area contributed by atoms with Crippen LogP contribution in [0.1, 0.15) is 12.5 Å². The number of hydrogen-bond donors (Lipinski definition) is 3. The van der Waals surface area contributed by atoms with Gasteiger partial charge < -0.3 is 20.9 Å². The Morgan fingerprint density at radius 3 is 3.10 bits per heavy atom. The van der Waals surface area contributed by atoms with E-state index in [4.69, 9.17) is 10.5 Å². The number of carbonyl (C=O) groups excluding carboxylic acids is 1. The van der Waals surface area contributed by atoms with Gasteiger partial charge in [0.15, 0.2) is 0 Å². The number of rotatable bonds is 4. The Hall–Kier alpha value is -1.63. The minimum absolute atomic E-state index is 0.0189. The van der Waals surface area contributed by atoms with E-state index >= 15 is 0 Å². The Morgan fingerprint density at radius 1 is 1.62 bits per heavy atom. The van der Waals surface area contributed by atoms with E-state index in [-0.39, 0.29) is 24.6 Å². The van der Waals surface area contributed by atoms with Gasteiger partial charge in [-0.3, -0.25) is 9.69 Å². The SMILES string of the molecule is Cc1ccc(N)cc1NC(=O)C(C)N1CCOCC1CO. The maximum atomic E-state index is 12.4. The number of anilines is 2. The third-order valence-electron chi connectivity index (χ3n) is 3.88. The average Bonchev–Trinajstić information content (AvgIpc) is 2.50. The highest BCUT2D eigenvalue weighted by Crippen LogP contribution is 2.19. The molecule has 1 aromatic rings. The Bertz CT molecular complexity index is 507. The molecular weight excluding hydrogens is 270 g/mol. The van der Waals surface area contributed by atoms with Crippen molar-refractivity contribution in [3.8, 4) is 0 Å². The van der Waals surface area contributed by atoms with E-state index in [1.54, 1.807) is 12.1 Å². The van der Waals surface area contributed by atoms with E-state index in [0.717, 1.165) is 11.3 Å². The summed E-state index contributed by atoms with van der Waals surface area (Å²) in [5, 5.41) is 12.3. The zero-order chi connectivity index (χ0) is 15.4. The van der Waals surface area contributed by atoms with Gasteiger partial charge in [0.05, 0.1) is 31.9 Å². The molecule has 0 saturated carbocycles. The van der Waals surface area contributed by atoms with Gasteiger partial charge in [0.25, 0.3) is 0 Å². The molecule has 6 nitrogen and oxygen atoms in total. The molecule has 2 unspecified atom stereocenters. The van der Waals surface area contributed by atoms with Crippen molar-refractivity contribution in [2.75, 3.05) is 37.4 Å². The normalized spacial score (nSPS) is 21.0. The number of nitrogens with one attached hydrogen (secondary N) is 1. The summed E-state index contributed by atoms with van der Waals surface area (Å²) in [4.78, 5) is 14.4. The molecule has 1 fully saturated rings. The van der Waals surface area contributed by atoms with Gasteiger partial charge in [-0.15, -0.1) is 0 Å². The second kappa shape index (κ2) is 6.89. The van der Waals surface area contributed by atoms with Crippen LogP contribution in [0.4, 0.5) is 11.4 Å². The molecule has 0 radical (unpaired) electrons. The second-order valence-corrected chi connectivity index (χ2v) is 5.39. The summed E-state index contributed by atoms with van der Waals surface area (Å²) in [5.74, 6) is -0.107. The largest absolute Gasteiger partial charge is 0.399 e. The number of morpholine rings is 1. The standard InChI is InChI=1S/C15H23N3O3/c1-10-3-4-12(16)7-14(10)17-15(20)11(2)18-5-6-21-9-13(18)8-19/h3-4,7,11,13,19H,5-6,8-9,16H2,1-2H3,(H,17,20). The molecule has 1 aliphatic heterocycles. The van der Waals surface area contributed by atoms with Crippen molar-refractivity contribution in [1.82, 2.24) is 4.90 Å². The maximum absolute atomic E-state index is 12.4. The number of aliphatic hydroxyl groups excluding tert-OH is 1. The van der Waals surface area contributed by atoms with E-state index in [1.165, 1.54) is 0 Å². The summed E-state index contributed by atoms with van der Waals surface area (Å²) in [6.07, 6.45) is 0. The van der Waals surface area contributed by atoms with Crippen LogP contribution in [0, 0.1) is 6.92 Å². The Labute approximate surface area is 124 Å². The van der Waals surface area contributed by atoms with Gasteiger partial charge in [-0.05, 0) is 31.5 Å². The Morgan fingerprint density at radius 2 is 2.38 bits per heavy atom. The van der Waals surface area contributed by atoms with Crippen LogP contribution in [0.5, 0.6) is 0 Å². The summed E-state index contributed by atoms with van der Waals surface area (Å²) >= 11 is 0. The lowest BCUT2D eigenvalue weighted by Crippen LogP contribution is -2.55. The molecule has 1 saturated heterocycles. The minimum Gasteiger partial charge on any atom is -0.399 e. The van der Waals surface area contributed by atoms with Gasteiger partial charge in [0.1, 0.15) is 0 Å². The van der Waals surface area contributed by atoms with Crippen LogP contribution in [0.25, 0.3) is 0 Å². The fourth-order valence-electron chi connectivity index (χ4n) is 2.50. The maximum Gasteiger partial charge on any atom is 0.241 e. The number of aryl methyl sites for hydroxylation is 1. The molecule has 0 aromatic heterocycles. The van der Waals surface area contributed by atoms with Gasteiger partial charge in [-0.2, -0.15) is 0 Å². The number of nitrogen functional groups attached to an aromatic ring is 1. The van der Waals surface area contributed by atoms with E-state index in [1.807, 2.05) is 24.8 Å². The van der Waals surface area contributed by atoms with Crippen molar-refractivity contribution in [2.45, 2.75) is 25.9 Å². The van der Waals surface area contributed by atoms with E-state index < -0.39 is 0 Å². The van der Waals surface area contributed by atoms with Gasteiger partial charge in [-0.25, -0.2) is 0 Å². The van der Waals surface area contributed by atoms with Crippen LogP contribution in [0.2, 0.25) is 0 Å². The number of ether oxygens (including phenoxy) is 1. The fraction of sp³-hybridized carbons (Fsp3) is 0.533. The lowest BCUT2D eigenvalue weighted by Gasteiger charge is -2.37. The van der Waals surface area contributed by atoms with E-state index in [0.29, 0.717) is 25.4 Å². The van der Waals surface area contributed by atoms with Gasteiger partial charge >= 0.3 is 0 Å². The monoisotopic (exact) mass is 293 g/mol. The molecule has 1 heterocycles. The number of benzene rings is 1. The van der Waals surface area contributed by atoms with E-state index in [2.05, 4.69) is 5.32 Å². The number of hydrogen-bond acceptors (Lipinski definition) is 5. The van der Waals surface area contributed by atoms with Crippen LogP contribution >= 0.6 is 0 Å². The third-order valence-corrected chi connectivity index (χ3v) is 3.88. The first-order chi connectivity index (χ1) is 10.0. The van der Waals surface area contributed by atoms with Crippen molar-refractivity contribution >= 4 is 17.3 Å². The Balaban J connectivity index is 2.06. The Kier molecular flexibility index (Phi) is 5.17. The summed E-state index contributed by atoms with van der Waals surface area (Å²) in [7, 11) is 0. The topological polar surface area (TPSA) is 87.8 Å². The highest BCUT2D eigenvalue weighted by atomic mass is 16.5. The van der Waals surface area contributed by atoms with Crippen LogP contribution < -0.4 is 11.1 Å². The number of nitrogens with two attached hydrogens (primary N) is 1. The molecule has 0 bridgehead atoms. The van der Waals surface area contributed by atoms with Crippen molar-refractivity contribution < 1.29 is 14.6 Å². The smallest absolute Gasteiger partial charge is 0.241 e. The van der Waals surface area contributed by atoms with Crippen LogP contribution in [-0.2, 0) is 9.53 Å². The zero-order valence-electron chi connectivity index (χ0n) is 12.5. The molecule has 1 amide bonds. The van der Waals surface area contributed by atoms with Crippen molar-refractivity contribution in [3.63, 3.8) is 0 Å². The predicted molar refractivity (Wildman–Crippen MR) is 82.1 cm³/mol. The van der Waals surface area contributed by atoms with Crippen LogP contribution in [-0.4, -0.2) is 54.4 Å². The van der Waals surface area contributed by atoms with Gasteiger partial charge in [0, 0.05) is 17.9 Å². The van der Waals surface area contributed by atoms with Gasteiger partial charge in [0.2, 0.25) is 5.91 Å². The van der Waals surface area contributed by atoms with Crippen molar-refractivity contribution in [3.05, 3.63) is 23.8 Å². The third kappa shape index (κ3) is 3.72. The molecule has 2 atom stereocenters. The lowest BCUT2D eigenvalue weighted by atomic mass is 10.1. The first-order valence-electron chi connectivity index (χ1n) is 7.14. The lowest BCUT2D eigenvalue weighted by molar-refractivity contribution is -0.125. The molecule has 21 heavy (non-hydrogen) atoms. The van der Waals surface area contributed by atoms with Crippen molar-refractivity contribution in [2.24, 2.45) is 0 Å². The first kappa shape index (κ1) is 15.8. The molecule has 0 aliphatic carbocycles. The molecule has 2 rings (SSSR count). The summed E-state index contributed by atoms with van der Waals surface area (Å²) in [5.41, 5.74) is 8.05. The summed E-state index contributed by atoms with van der Waals surface area (Å²) in [6, 6.07) is 4.95. The molecule has 116 valence electrons. The zero-order valence-corrected chi connectivity index (χ0v) is 12.5. The van der Waals surface area contributed by atoms with E-state index in [9.17, 15) is 9.90 Å². The van der Waals surface area contributed by atoms with Crippen LogP contribution in [0.15, 0.2) is 18.2 Å². The first-order valence-corrected chi connectivity index (χ1v) is 7.14. The highest BCUT2D eigenvalue weighted by Gasteiger charge is 2.30. The highest BCUT2D eigenvalue weighted by molar-refractivity contribution is 5.95. The molecule has 4 N–H and O–H groups in total. The average molecular weight is 293 g/mol. The summed E-state index contributed by atoms with van der Waals surface area (Å²) < 4.78 is 5.34. The van der Waals surface area contributed by atoms with Crippen LogP contribution in [0.3, 0.4) is 0 Å². The molecule has 0 spiro atoms. The molecule has 1 aromatic carbocycles. The van der Waals surface area contributed by atoms with Crippen molar-refractivity contribution in [1.29, 1.82) is 0 Å². The molecule has 1 aliphatic rings. The number of carbonyl (C=O) groups is 1. The second-order valence-electron chi connectivity index (χ2n) is 5.39. The predicted octanol–water partition coefficient (Wildman–Crippen LogP) is 0.597. The fourth-order valence-corrected chi connectivity index (χ4v) is 2.50. The molecular formula is C15H23N3O3. The number of nitrogens with zero attached hydrogens (tertiary/aromatic N) is 1. The van der Waals surface area contributed by atoms with Gasteiger partial charge in [-0.1, -0.05) is 6.07 Å². The quantitative estimate of drug-likeness (QED) is 0.708. The minimum atomic E-state index is -0.341. The number of amides is 1.